The van der Waals surface area contributed by atoms with Crippen molar-refractivity contribution < 1.29 is 0 Å². The van der Waals surface area contributed by atoms with Gasteiger partial charge in [-0.15, -0.1) is 0 Å². The summed E-state index contributed by atoms with van der Waals surface area (Å²) >= 11 is 0. The third-order valence-corrected chi connectivity index (χ3v) is 3.49. The van der Waals surface area contributed by atoms with Gasteiger partial charge < -0.3 is 0 Å². The zero-order valence-corrected chi connectivity index (χ0v) is 11.1. The highest BCUT2D eigenvalue weighted by molar-refractivity contribution is 5.65. The highest BCUT2D eigenvalue weighted by Crippen LogP contribution is 2.31. The first-order valence-electron chi connectivity index (χ1n) is 6.52. The summed E-state index contributed by atoms with van der Waals surface area (Å²) in [4.78, 5) is 0. The molecule has 0 aromatic heterocycles. The summed E-state index contributed by atoms with van der Waals surface area (Å²) in [5.74, 6) is 0. The van der Waals surface area contributed by atoms with Crippen LogP contribution in [-0.4, -0.2) is 0 Å². The van der Waals surface area contributed by atoms with Crippen LogP contribution in [0.3, 0.4) is 0 Å². The minimum Gasteiger partial charge on any atom is -0.150 e. The molecule has 1 aliphatic heterocycles. The molecule has 2 aromatic carbocycles. The van der Waals surface area contributed by atoms with Gasteiger partial charge in [-0.25, -0.2) is 0 Å². The molecule has 94 valence electrons. The van der Waals surface area contributed by atoms with Crippen molar-refractivity contribution >= 4 is 16.9 Å². The number of allylic oxidation sites excluding steroid dienone is 1. The number of aryl methyl sites for hydroxylation is 2. The largest absolute Gasteiger partial charge is 0.150 e. The van der Waals surface area contributed by atoms with E-state index in [0.717, 1.165) is 29.8 Å². The first-order valence-corrected chi connectivity index (χ1v) is 6.52. The smallest absolute Gasteiger partial charge is 0.0889 e. The van der Waals surface area contributed by atoms with E-state index in [1.807, 2.05) is 25.1 Å². The third-order valence-electron chi connectivity index (χ3n) is 3.49. The van der Waals surface area contributed by atoms with Crippen LogP contribution in [0.5, 0.6) is 0 Å². The Kier molecular flexibility index (Phi) is 3.00. The van der Waals surface area contributed by atoms with Crippen molar-refractivity contribution in [2.75, 3.05) is 0 Å². The van der Waals surface area contributed by atoms with Crippen molar-refractivity contribution in [3.8, 4) is 0 Å². The molecule has 2 nitrogen and oxygen atoms in total. The number of rotatable bonds is 1. The number of nitrogens with zero attached hydrogens (tertiary/aromatic N) is 2. The molecule has 0 radical (unpaired) electrons. The zero-order valence-electron chi connectivity index (χ0n) is 11.1. The van der Waals surface area contributed by atoms with E-state index < -0.39 is 0 Å². The summed E-state index contributed by atoms with van der Waals surface area (Å²) in [5, 5.41) is 8.75. The average Bonchev–Trinajstić information content (AvgIpc) is 2.41. The molecule has 0 amide bonds. The highest BCUT2D eigenvalue weighted by atomic mass is 15.1. The van der Waals surface area contributed by atoms with Gasteiger partial charge in [0.15, 0.2) is 0 Å². The fraction of sp³-hybridized carbons (Fsp3) is 0.176. The van der Waals surface area contributed by atoms with E-state index in [4.69, 9.17) is 0 Å². The molecule has 0 N–H and O–H groups in total. The highest BCUT2D eigenvalue weighted by Gasteiger charge is 2.10. The van der Waals surface area contributed by atoms with Crippen LogP contribution < -0.4 is 0 Å². The van der Waals surface area contributed by atoms with Gasteiger partial charge in [0.25, 0.3) is 0 Å². The second kappa shape index (κ2) is 4.81. The van der Waals surface area contributed by atoms with E-state index in [1.54, 1.807) is 0 Å². The monoisotopic (exact) mass is 248 g/mol. The van der Waals surface area contributed by atoms with Crippen LogP contribution in [0, 0.1) is 0 Å². The maximum Gasteiger partial charge on any atom is 0.0889 e. The van der Waals surface area contributed by atoms with E-state index >= 15 is 0 Å². The summed E-state index contributed by atoms with van der Waals surface area (Å²) in [6, 6.07) is 14.5. The minimum absolute atomic E-state index is 0.972. The predicted octanol–water partition coefficient (Wildman–Crippen LogP) is 5.23. The zero-order chi connectivity index (χ0) is 13.2. The summed E-state index contributed by atoms with van der Waals surface area (Å²) < 4.78 is 0. The van der Waals surface area contributed by atoms with Gasteiger partial charge in [0.05, 0.1) is 11.4 Å². The number of fused-ring (bicyclic) bond motifs is 2. The van der Waals surface area contributed by atoms with Crippen LogP contribution in [0.2, 0.25) is 0 Å². The lowest BCUT2D eigenvalue weighted by atomic mass is 9.98. The maximum atomic E-state index is 4.38. The van der Waals surface area contributed by atoms with Gasteiger partial charge in [0, 0.05) is 0 Å². The summed E-state index contributed by atoms with van der Waals surface area (Å²) in [6.45, 7) is 6.03. The number of hydrogen-bond acceptors (Lipinski definition) is 2. The Hall–Kier alpha value is -2.22. The van der Waals surface area contributed by atoms with Gasteiger partial charge in [-0.2, -0.15) is 10.2 Å². The fourth-order valence-corrected chi connectivity index (χ4v) is 2.35. The second-order valence-corrected chi connectivity index (χ2v) is 4.95. The second-order valence-electron chi connectivity index (χ2n) is 4.95. The summed E-state index contributed by atoms with van der Waals surface area (Å²) in [5.41, 5.74) is 6.73. The molecule has 0 atom stereocenters. The molecule has 1 heterocycles. The molecule has 3 rings (SSSR count). The van der Waals surface area contributed by atoms with Crippen molar-refractivity contribution in [1.29, 1.82) is 0 Å². The van der Waals surface area contributed by atoms with Crippen LogP contribution in [0.4, 0.5) is 11.4 Å². The third kappa shape index (κ3) is 2.34. The van der Waals surface area contributed by atoms with Gasteiger partial charge >= 0.3 is 0 Å². The Labute approximate surface area is 113 Å². The topological polar surface area (TPSA) is 24.7 Å². The van der Waals surface area contributed by atoms with Crippen LogP contribution in [0.25, 0.3) is 5.57 Å². The Morgan fingerprint density at radius 3 is 2.42 bits per heavy atom. The molecule has 0 saturated carbocycles. The standard InChI is InChI=1S/C17H16N2/c1-12(2)14-9-10-17-15(11-14)8-7-13-5-3-4-6-16(13)18-19-17/h3-6,9-11H,1,7-8H2,2H3. The Balaban J connectivity index is 2.06. The molecule has 0 fully saturated rings. The predicted molar refractivity (Wildman–Crippen MR) is 79.2 cm³/mol. The minimum atomic E-state index is 0.972. The Bertz CT molecular complexity index is 669. The van der Waals surface area contributed by atoms with Gasteiger partial charge in [-0.3, -0.25) is 0 Å². The van der Waals surface area contributed by atoms with E-state index in [2.05, 4.69) is 41.1 Å². The van der Waals surface area contributed by atoms with E-state index in [0.29, 0.717) is 0 Å². The van der Waals surface area contributed by atoms with E-state index in [9.17, 15) is 0 Å². The lowest BCUT2D eigenvalue weighted by molar-refractivity contribution is 0.935. The Morgan fingerprint density at radius 2 is 1.63 bits per heavy atom. The molecular weight excluding hydrogens is 232 g/mol. The molecule has 0 bridgehead atoms. The molecule has 2 heteroatoms. The van der Waals surface area contributed by atoms with Crippen molar-refractivity contribution in [3.05, 3.63) is 65.7 Å². The van der Waals surface area contributed by atoms with Crippen LogP contribution in [0.1, 0.15) is 23.6 Å². The van der Waals surface area contributed by atoms with Crippen molar-refractivity contribution in [2.24, 2.45) is 10.2 Å². The number of hydrogen-bond donors (Lipinski definition) is 0. The lowest BCUT2D eigenvalue weighted by Gasteiger charge is -2.12. The number of azo groups is 1. The van der Waals surface area contributed by atoms with Crippen molar-refractivity contribution in [1.82, 2.24) is 0 Å². The molecule has 1 aliphatic rings. The van der Waals surface area contributed by atoms with Crippen molar-refractivity contribution in [3.63, 3.8) is 0 Å². The maximum absolute atomic E-state index is 4.38. The van der Waals surface area contributed by atoms with Crippen LogP contribution >= 0.6 is 0 Å². The fourth-order valence-electron chi connectivity index (χ4n) is 2.35. The molecule has 0 spiro atoms. The first-order chi connectivity index (χ1) is 9.24. The normalized spacial score (nSPS) is 13.1. The summed E-state index contributed by atoms with van der Waals surface area (Å²) in [7, 11) is 0. The van der Waals surface area contributed by atoms with Gasteiger partial charge in [0.1, 0.15) is 0 Å². The van der Waals surface area contributed by atoms with Crippen LogP contribution in [-0.2, 0) is 12.8 Å². The molecular formula is C17H16N2. The first kappa shape index (κ1) is 11.8. The molecule has 0 aliphatic carbocycles. The molecule has 19 heavy (non-hydrogen) atoms. The van der Waals surface area contributed by atoms with Crippen LogP contribution in [0.15, 0.2) is 59.3 Å². The SMILES string of the molecule is C=C(C)c1ccc2c(c1)CCc1ccccc1N=N2. The van der Waals surface area contributed by atoms with E-state index in [-0.39, 0.29) is 0 Å². The molecule has 0 unspecified atom stereocenters. The lowest BCUT2D eigenvalue weighted by Crippen LogP contribution is -1.95. The van der Waals surface area contributed by atoms with Gasteiger partial charge in [0.2, 0.25) is 0 Å². The summed E-state index contributed by atoms with van der Waals surface area (Å²) in [6.07, 6.45) is 1.99. The Morgan fingerprint density at radius 1 is 0.947 bits per heavy atom. The number of benzene rings is 2. The molecule has 0 saturated heterocycles. The molecule has 2 aromatic rings. The van der Waals surface area contributed by atoms with Gasteiger partial charge in [-0.1, -0.05) is 36.4 Å². The average molecular weight is 248 g/mol. The van der Waals surface area contributed by atoms with Crippen molar-refractivity contribution in [2.45, 2.75) is 19.8 Å². The van der Waals surface area contributed by atoms with E-state index in [1.165, 1.54) is 16.7 Å². The quantitative estimate of drug-likeness (QED) is 0.659. The van der Waals surface area contributed by atoms with Gasteiger partial charge in [-0.05, 0) is 54.7 Å².